The third-order valence-electron chi connectivity index (χ3n) is 5.61. The van der Waals surface area contributed by atoms with Gasteiger partial charge in [0.25, 0.3) is 11.8 Å². The maximum absolute atomic E-state index is 12.8. The minimum Gasteiger partial charge on any atom is -0.486 e. The van der Waals surface area contributed by atoms with Gasteiger partial charge < -0.3 is 20.5 Å². The molecule has 2 amide bonds. The van der Waals surface area contributed by atoms with Gasteiger partial charge in [0.15, 0.2) is 0 Å². The summed E-state index contributed by atoms with van der Waals surface area (Å²) in [5.41, 5.74) is 2.48. The molecule has 2 atom stereocenters. The minimum atomic E-state index is -0.509. The van der Waals surface area contributed by atoms with Crippen molar-refractivity contribution in [2.45, 2.75) is 37.3 Å². The monoisotopic (exact) mass is 380 g/mol. The lowest BCUT2D eigenvalue weighted by Crippen LogP contribution is -2.39. The van der Waals surface area contributed by atoms with Gasteiger partial charge in [0.2, 0.25) is 0 Å². The molecule has 2 aromatic carbocycles. The molecule has 0 saturated heterocycles. The van der Waals surface area contributed by atoms with E-state index in [1.54, 1.807) is 19.2 Å². The van der Waals surface area contributed by atoms with Crippen molar-refractivity contribution in [1.82, 2.24) is 10.6 Å². The van der Waals surface area contributed by atoms with E-state index in [-0.39, 0.29) is 30.4 Å². The Hall–Kier alpha value is -2.86. The molecule has 0 spiro atoms. The Morgan fingerprint density at radius 3 is 2.50 bits per heavy atom. The molecule has 0 aromatic heterocycles. The highest BCUT2D eigenvalue weighted by Crippen LogP contribution is 2.45. The van der Waals surface area contributed by atoms with Gasteiger partial charge in [0.1, 0.15) is 11.9 Å². The van der Waals surface area contributed by atoms with Gasteiger partial charge in [-0.3, -0.25) is 9.59 Å². The molecule has 1 saturated carbocycles. The quantitative estimate of drug-likeness (QED) is 0.742. The van der Waals surface area contributed by atoms with Gasteiger partial charge in [0.05, 0.1) is 18.1 Å². The fourth-order valence-corrected chi connectivity index (χ4v) is 3.89. The number of rotatable bonds is 5. The number of nitrogens with one attached hydrogen (secondary N) is 2. The number of fused-ring (bicyclic) bond motifs is 1. The fraction of sp³-hybridized carbons (Fsp3) is 0.364. The van der Waals surface area contributed by atoms with Crippen LogP contribution in [0.3, 0.4) is 0 Å². The lowest BCUT2D eigenvalue weighted by atomic mass is 9.86. The van der Waals surface area contributed by atoms with Gasteiger partial charge in [-0.1, -0.05) is 30.3 Å². The third kappa shape index (κ3) is 3.24. The summed E-state index contributed by atoms with van der Waals surface area (Å²) in [5.74, 6) is -0.314. The largest absolute Gasteiger partial charge is 0.486 e. The Morgan fingerprint density at radius 1 is 1.14 bits per heavy atom. The second-order valence-corrected chi connectivity index (χ2v) is 7.35. The highest BCUT2D eigenvalue weighted by atomic mass is 16.5. The number of aliphatic hydroxyl groups excluding tert-OH is 1. The zero-order chi connectivity index (χ0) is 19.7. The van der Waals surface area contributed by atoms with Crippen LogP contribution in [0.1, 0.15) is 57.0 Å². The number of carbonyl (C=O) groups is 2. The van der Waals surface area contributed by atoms with Crippen LogP contribution in [0.25, 0.3) is 0 Å². The van der Waals surface area contributed by atoms with E-state index >= 15 is 0 Å². The summed E-state index contributed by atoms with van der Waals surface area (Å²) in [5, 5.41) is 15.5. The molecule has 4 rings (SSSR count). The van der Waals surface area contributed by atoms with Crippen LogP contribution in [-0.2, 0) is 0 Å². The van der Waals surface area contributed by atoms with Crippen LogP contribution in [0.5, 0.6) is 5.75 Å². The molecule has 0 bridgehead atoms. The number of amides is 2. The predicted molar refractivity (Wildman–Crippen MR) is 105 cm³/mol. The molecule has 6 nitrogen and oxygen atoms in total. The predicted octanol–water partition coefficient (Wildman–Crippen LogP) is 2.21. The van der Waals surface area contributed by atoms with Crippen molar-refractivity contribution in [1.29, 1.82) is 0 Å². The number of benzene rings is 2. The van der Waals surface area contributed by atoms with Gasteiger partial charge >= 0.3 is 0 Å². The number of carbonyl (C=O) groups excluding carboxylic acids is 2. The van der Waals surface area contributed by atoms with Crippen molar-refractivity contribution < 1.29 is 19.4 Å². The maximum atomic E-state index is 12.8. The maximum Gasteiger partial charge on any atom is 0.254 e. The molecule has 0 radical (unpaired) electrons. The Bertz CT molecular complexity index is 893. The summed E-state index contributed by atoms with van der Waals surface area (Å²) < 4.78 is 5.98. The molecular formula is C22H24N2O4. The van der Waals surface area contributed by atoms with E-state index in [0.29, 0.717) is 16.9 Å². The topological polar surface area (TPSA) is 87.7 Å². The molecule has 2 aromatic rings. The summed E-state index contributed by atoms with van der Waals surface area (Å²) >= 11 is 0. The lowest BCUT2D eigenvalue weighted by molar-refractivity contribution is 0.0917. The van der Waals surface area contributed by atoms with Crippen LogP contribution in [0, 0.1) is 0 Å². The Labute approximate surface area is 163 Å². The normalized spacial score (nSPS) is 20.6. The first kappa shape index (κ1) is 18.5. The van der Waals surface area contributed by atoms with E-state index < -0.39 is 6.10 Å². The van der Waals surface area contributed by atoms with Crippen molar-refractivity contribution in [3.8, 4) is 5.75 Å². The van der Waals surface area contributed by atoms with Gasteiger partial charge in [-0.25, -0.2) is 0 Å². The standard InChI is InChI=1S/C22H24N2O4/c1-23-22(27)17-11-14(21(26)24-15-8-5-9-15)10-16-19(13-6-3-2-4-7-13)18(12-25)28-20(16)17/h2-4,6-7,10-11,15,18-19,25H,5,8-9,12H2,1H3,(H,23,27)(H,24,26)/t18-,19+/m1/s1. The molecule has 6 heteroatoms. The summed E-state index contributed by atoms with van der Waals surface area (Å²) in [6.45, 7) is -0.189. The van der Waals surface area contributed by atoms with Crippen molar-refractivity contribution in [2.75, 3.05) is 13.7 Å². The third-order valence-corrected chi connectivity index (χ3v) is 5.61. The molecule has 28 heavy (non-hydrogen) atoms. The van der Waals surface area contributed by atoms with E-state index in [4.69, 9.17) is 4.74 Å². The van der Waals surface area contributed by atoms with Crippen LogP contribution in [0.4, 0.5) is 0 Å². The van der Waals surface area contributed by atoms with Crippen molar-refractivity contribution in [3.63, 3.8) is 0 Å². The Balaban J connectivity index is 1.80. The van der Waals surface area contributed by atoms with Crippen LogP contribution in [0.2, 0.25) is 0 Å². The molecule has 1 fully saturated rings. The number of ether oxygens (including phenoxy) is 1. The smallest absolute Gasteiger partial charge is 0.254 e. The molecule has 1 aliphatic carbocycles. The zero-order valence-corrected chi connectivity index (χ0v) is 15.8. The first-order valence-electron chi connectivity index (χ1n) is 9.65. The van der Waals surface area contributed by atoms with Gasteiger partial charge in [0, 0.05) is 24.2 Å². The van der Waals surface area contributed by atoms with Crippen molar-refractivity contribution >= 4 is 11.8 Å². The van der Waals surface area contributed by atoms with E-state index in [1.165, 1.54) is 0 Å². The van der Waals surface area contributed by atoms with Crippen molar-refractivity contribution in [2.24, 2.45) is 0 Å². The fourth-order valence-electron chi connectivity index (χ4n) is 3.89. The first-order chi connectivity index (χ1) is 13.6. The van der Waals surface area contributed by atoms with Crippen molar-refractivity contribution in [3.05, 3.63) is 64.7 Å². The summed E-state index contributed by atoms with van der Waals surface area (Å²) in [7, 11) is 1.54. The Kier molecular flexibility index (Phi) is 5.05. The molecular weight excluding hydrogens is 356 g/mol. The second kappa shape index (κ2) is 7.64. The molecule has 1 heterocycles. The highest BCUT2D eigenvalue weighted by Gasteiger charge is 2.38. The molecule has 1 aliphatic heterocycles. The van der Waals surface area contributed by atoms with E-state index in [0.717, 1.165) is 30.4 Å². The zero-order valence-electron chi connectivity index (χ0n) is 15.8. The molecule has 2 aliphatic rings. The summed E-state index contributed by atoms with van der Waals surface area (Å²) in [4.78, 5) is 25.3. The minimum absolute atomic E-state index is 0.183. The summed E-state index contributed by atoms with van der Waals surface area (Å²) in [6.07, 6.45) is 2.59. The number of hydrogen-bond donors (Lipinski definition) is 3. The second-order valence-electron chi connectivity index (χ2n) is 7.35. The SMILES string of the molecule is CNC(=O)c1cc(C(=O)NC2CCC2)cc2c1O[C@H](CO)[C@H]2c1ccccc1. The number of aliphatic hydroxyl groups is 1. The number of hydrogen-bond acceptors (Lipinski definition) is 4. The molecule has 146 valence electrons. The first-order valence-corrected chi connectivity index (χ1v) is 9.65. The Morgan fingerprint density at radius 2 is 1.89 bits per heavy atom. The molecule has 0 unspecified atom stereocenters. The lowest BCUT2D eigenvalue weighted by Gasteiger charge is -2.26. The van der Waals surface area contributed by atoms with E-state index in [9.17, 15) is 14.7 Å². The average Bonchev–Trinajstić information content (AvgIpc) is 3.08. The van der Waals surface area contributed by atoms with Crippen LogP contribution in [0.15, 0.2) is 42.5 Å². The highest BCUT2D eigenvalue weighted by molar-refractivity contribution is 6.02. The van der Waals surface area contributed by atoms with E-state index in [2.05, 4.69) is 10.6 Å². The van der Waals surface area contributed by atoms with Crippen LogP contribution >= 0.6 is 0 Å². The van der Waals surface area contributed by atoms with Crippen LogP contribution < -0.4 is 15.4 Å². The van der Waals surface area contributed by atoms with E-state index in [1.807, 2.05) is 30.3 Å². The van der Waals surface area contributed by atoms with Gasteiger partial charge in [-0.2, -0.15) is 0 Å². The van der Waals surface area contributed by atoms with Gasteiger partial charge in [-0.15, -0.1) is 0 Å². The average molecular weight is 380 g/mol. The molecule has 3 N–H and O–H groups in total. The van der Waals surface area contributed by atoms with Gasteiger partial charge in [-0.05, 0) is 37.0 Å². The summed E-state index contributed by atoms with van der Waals surface area (Å²) in [6, 6.07) is 13.3. The van der Waals surface area contributed by atoms with Crippen LogP contribution in [-0.4, -0.2) is 42.7 Å².